The normalized spacial score (nSPS) is 21.7. The van der Waals surface area contributed by atoms with Gasteiger partial charge in [-0.05, 0) is 31.1 Å². The average molecular weight is 260 g/mol. The van der Waals surface area contributed by atoms with Crippen LogP contribution >= 0.6 is 0 Å². The standard InChI is InChI=1S/C14H20N4O/c1-11-5-2-3-6-12(11)19-10-4-8-14(16)17-9-7-13(15)18-14/h2-3,5-7,9,17H,4,8,10,16H2,1H3,(H2,15,18). The van der Waals surface area contributed by atoms with Gasteiger partial charge in [-0.2, -0.15) is 0 Å². The van der Waals surface area contributed by atoms with E-state index in [2.05, 4.69) is 10.3 Å². The van der Waals surface area contributed by atoms with E-state index in [1.165, 1.54) is 0 Å². The molecule has 1 heterocycles. The van der Waals surface area contributed by atoms with Crippen molar-refractivity contribution in [1.82, 2.24) is 5.32 Å². The quantitative estimate of drug-likeness (QED) is 0.695. The summed E-state index contributed by atoms with van der Waals surface area (Å²) in [6, 6.07) is 7.95. The largest absolute Gasteiger partial charge is 0.493 e. The molecular weight excluding hydrogens is 240 g/mol. The Hall–Kier alpha value is -2.01. The Morgan fingerprint density at radius 2 is 2.16 bits per heavy atom. The molecule has 0 saturated carbocycles. The molecule has 1 aliphatic heterocycles. The van der Waals surface area contributed by atoms with E-state index in [9.17, 15) is 0 Å². The maximum absolute atomic E-state index is 6.07. The monoisotopic (exact) mass is 260 g/mol. The van der Waals surface area contributed by atoms with Crippen LogP contribution < -0.4 is 21.5 Å². The van der Waals surface area contributed by atoms with Gasteiger partial charge in [-0.15, -0.1) is 0 Å². The number of nitrogens with two attached hydrogens (primary N) is 2. The van der Waals surface area contributed by atoms with Crippen LogP contribution in [0.2, 0.25) is 0 Å². The zero-order chi connectivity index (χ0) is 13.7. The van der Waals surface area contributed by atoms with E-state index >= 15 is 0 Å². The van der Waals surface area contributed by atoms with Crippen LogP contribution in [0.4, 0.5) is 0 Å². The van der Waals surface area contributed by atoms with E-state index in [0.717, 1.165) is 17.7 Å². The van der Waals surface area contributed by atoms with Crippen molar-refractivity contribution in [3.8, 4) is 5.75 Å². The molecule has 0 saturated heterocycles. The highest BCUT2D eigenvalue weighted by Gasteiger charge is 2.23. The van der Waals surface area contributed by atoms with Crippen LogP contribution in [0.25, 0.3) is 0 Å². The summed E-state index contributed by atoms with van der Waals surface area (Å²) in [6.07, 6.45) is 4.87. The molecule has 5 heteroatoms. The number of hydrogen-bond donors (Lipinski definition) is 3. The second-order valence-electron chi connectivity index (χ2n) is 4.66. The first kappa shape index (κ1) is 13.4. The number of benzene rings is 1. The highest BCUT2D eigenvalue weighted by molar-refractivity contribution is 5.92. The third-order valence-electron chi connectivity index (χ3n) is 2.97. The molecule has 1 aromatic rings. The summed E-state index contributed by atoms with van der Waals surface area (Å²) < 4.78 is 5.72. The van der Waals surface area contributed by atoms with Gasteiger partial charge in [0.1, 0.15) is 11.6 Å². The number of para-hydroxylation sites is 1. The molecule has 1 aromatic carbocycles. The van der Waals surface area contributed by atoms with Gasteiger partial charge in [0.25, 0.3) is 0 Å². The van der Waals surface area contributed by atoms with Gasteiger partial charge in [-0.25, -0.2) is 4.99 Å². The Morgan fingerprint density at radius 3 is 2.89 bits per heavy atom. The highest BCUT2D eigenvalue weighted by atomic mass is 16.5. The lowest BCUT2D eigenvalue weighted by molar-refractivity contribution is 0.269. The van der Waals surface area contributed by atoms with E-state index in [1.54, 1.807) is 12.3 Å². The summed E-state index contributed by atoms with van der Waals surface area (Å²) in [6.45, 7) is 2.63. The lowest BCUT2D eigenvalue weighted by atomic mass is 10.2. The number of ether oxygens (including phenoxy) is 1. The molecule has 0 radical (unpaired) electrons. The summed E-state index contributed by atoms with van der Waals surface area (Å²) in [7, 11) is 0. The first-order valence-electron chi connectivity index (χ1n) is 6.36. The third-order valence-corrected chi connectivity index (χ3v) is 2.97. The summed E-state index contributed by atoms with van der Waals surface area (Å²) >= 11 is 0. The van der Waals surface area contributed by atoms with Gasteiger partial charge in [0.05, 0.1) is 6.61 Å². The Morgan fingerprint density at radius 1 is 1.37 bits per heavy atom. The minimum Gasteiger partial charge on any atom is -0.493 e. The zero-order valence-electron chi connectivity index (χ0n) is 11.1. The Balaban J connectivity index is 1.79. The number of nitrogens with one attached hydrogen (secondary N) is 1. The topological polar surface area (TPSA) is 85.7 Å². The van der Waals surface area contributed by atoms with Crippen LogP contribution in [0, 0.1) is 6.92 Å². The molecule has 0 amide bonds. The van der Waals surface area contributed by atoms with Crippen LogP contribution in [-0.2, 0) is 0 Å². The Labute approximate surface area is 113 Å². The van der Waals surface area contributed by atoms with Gasteiger partial charge in [0, 0.05) is 12.6 Å². The van der Waals surface area contributed by atoms with E-state index in [1.807, 2.05) is 31.2 Å². The van der Waals surface area contributed by atoms with Gasteiger partial charge in [0.15, 0.2) is 5.79 Å². The summed E-state index contributed by atoms with van der Waals surface area (Å²) in [5.41, 5.74) is 12.8. The minimum atomic E-state index is -0.812. The molecule has 0 aromatic heterocycles. The molecule has 0 fully saturated rings. The fraction of sp³-hybridized carbons (Fsp3) is 0.357. The molecule has 5 N–H and O–H groups in total. The summed E-state index contributed by atoms with van der Waals surface area (Å²) in [5.74, 6) is 0.544. The SMILES string of the molecule is Cc1ccccc1OCCCC1(N)N=C(N)C=CN1. The van der Waals surface area contributed by atoms with E-state index < -0.39 is 5.79 Å². The second-order valence-corrected chi connectivity index (χ2v) is 4.66. The average Bonchev–Trinajstić information content (AvgIpc) is 2.36. The van der Waals surface area contributed by atoms with Crippen molar-refractivity contribution in [2.24, 2.45) is 16.5 Å². The maximum Gasteiger partial charge on any atom is 0.184 e. The zero-order valence-corrected chi connectivity index (χ0v) is 11.1. The summed E-state index contributed by atoms with van der Waals surface area (Å²) in [5, 5.41) is 3.01. The third kappa shape index (κ3) is 3.72. The lowest BCUT2D eigenvalue weighted by Gasteiger charge is -2.28. The van der Waals surface area contributed by atoms with Crippen LogP contribution in [0.5, 0.6) is 5.75 Å². The molecule has 19 heavy (non-hydrogen) atoms. The maximum atomic E-state index is 6.07. The van der Waals surface area contributed by atoms with E-state index in [-0.39, 0.29) is 0 Å². The molecule has 102 valence electrons. The van der Waals surface area contributed by atoms with Crippen LogP contribution in [-0.4, -0.2) is 18.2 Å². The predicted molar refractivity (Wildman–Crippen MR) is 76.7 cm³/mol. The molecule has 1 atom stereocenters. The highest BCUT2D eigenvalue weighted by Crippen LogP contribution is 2.17. The van der Waals surface area contributed by atoms with Crippen molar-refractivity contribution >= 4 is 5.84 Å². The molecule has 0 bridgehead atoms. The number of aliphatic imine (C=N–C) groups is 1. The van der Waals surface area contributed by atoms with Gasteiger partial charge < -0.3 is 15.8 Å². The van der Waals surface area contributed by atoms with Crippen molar-refractivity contribution in [1.29, 1.82) is 0 Å². The van der Waals surface area contributed by atoms with E-state index in [0.29, 0.717) is 18.9 Å². The van der Waals surface area contributed by atoms with Gasteiger partial charge in [0.2, 0.25) is 0 Å². The number of nitrogens with zero attached hydrogens (tertiary/aromatic N) is 1. The minimum absolute atomic E-state index is 0.445. The van der Waals surface area contributed by atoms with Crippen LogP contribution in [0.1, 0.15) is 18.4 Å². The van der Waals surface area contributed by atoms with Crippen molar-refractivity contribution in [2.45, 2.75) is 25.6 Å². The van der Waals surface area contributed by atoms with Crippen LogP contribution in [0.3, 0.4) is 0 Å². The van der Waals surface area contributed by atoms with Gasteiger partial charge in [-0.1, -0.05) is 18.2 Å². The first-order valence-corrected chi connectivity index (χ1v) is 6.36. The Kier molecular flexibility index (Phi) is 4.06. The molecule has 0 aliphatic carbocycles. The van der Waals surface area contributed by atoms with Crippen molar-refractivity contribution < 1.29 is 4.74 Å². The van der Waals surface area contributed by atoms with Crippen molar-refractivity contribution in [3.63, 3.8) is 0 Å². The number of rotatable bonds is 5. The van der Waals surface area contributed by atoms with Gasteiger partial charge in [-0.3, -0.25) is 5.73 Å². The van der Waals surface area contributed by atoms with Gasteiger partial charge >= 0.3 is 0 Å². The fourth-order valence-electron chi connectivity index (χ4n) is 1.94. The smallest absolute Gasteiger partial charge is 0.184 e. The summed E-state index contributed by atoms with van der Waals surface area (Å²) in [4.78, 5) is 4.20. The van der Waals surface area contributed by atoms with Crippen molar-refractivity contribution in [3.05, 3.63) is 42.1 Å². The Bertz CT molecular complexity index is 498. The second kappa shape index (κ2) is 5.75. The molecule has 1 unspecified atom stereocenters. The number of amidine groups is 1. The lowest BCUT2D eigenvalue weighted by Crippen LogP contribution is -2.52. The van der Waals surface area contributed by atoms with Crippen molar-refractivity contribution in [2.75, 3.05) is 6.61 Å². The number of hydrogen-bond acceptors (Lipinski definition) is 5. The fourth-order valence-corrected chi connectivity index (χ4v) is 1.94. The van der Waals surface area contributed by atoms with E-state index in [4.69, 9.17) is 16.2 Å². The molecule has 5 nitrogen and oxygen atoms in total. The number of aryl methyl sites for hydroxylation is 1. The van der Waals surface area contributed by atoms with Crippen LogP contribution in [0.15, 0.2) is 41.5 Å². The molecule has 1 aliphatic rings. The predicted octanol–water partition coefficient (Wildman–Crippen LogP) is 1.24. The molecule has 0 spiro atoms. The first-order chi connectivity index (χ1) is 9.09. The molecule has 2 rings (SSSR count). The molecular formula is C14H20N4O.